The Morgan fingerprint density at radius 1 is 0.727 bits per heavy atom. The first-order valence-electron chi connectivity index (χ1n) is 25.0. The Morgan fingerprint density at radius 3 is 2.12 bits per heavy atom. The molecule has 7 fully saturated rings. The molecule has 0 radical (unpaired) electrons. The van der Waals surface area contributed by atoms with Gasteiger partial charge in [0, 0.05) is 25.3 Å². The van der Waals surface area contributed by atoms with Crippen molar-refractivity contribution in [2.75, 3.05) is 19.8 Å². The molecule has 380 valence electrons. The molecular weight excluding hydrogens is 863 g/mol. The molecule has 0 spiro atoms. The largest absolute Gasteiger partial charge is 0.394 e. The van der Waals surface area contributed by atoms with Gasteiger partial charge in [0.15, 0.2) is 18.9 Å². The molecule has 3 heterocycles. The summed E-state index contributed by atoms with van der Waals surface area (Å²) in [4.78, 5) is 25.7. The summed E-state index contributed by atoms with van der Waals surface area (Å²) in [6.45, 7) is 11.8. The fraction of sp³-hybridized carbons (Fsp3) is 0.958. The number of Topliss-reactive ketones (excluding diaryl/α,β-unsaturated/α-hetero) is 1. The topological polar surface area (TPSA) is 284 Å². The third kappa shape index (κ3) is 10.3. The molecule has 0 bridgehead atoms. The van der Waals surface area contributed by atoms with Crippen LogP contribution in [0.5, 0.6) is 0 Å². The van der Waals surface area contributed by atoms with E-state index in [1.54, 1.807) is 0 Å². The number of aliphatic hydroxyl groups excluding tert-OH is 9. The van der Waals surface area contributed by atoms with Crippen LogP contribution in [-0.2, 0) is 38.0 Å². The molecule has 7 aliphatic rings. The van der Waals surface area contributed by atoms with Crippen LogP contribution < -0.4 is 5.32 Å². The summed E-state index contributed by atoms with van der Waals surface area (Å²) in [6.07, 6.45) is -12.3. The minimum Gasteiger partial charge on any atom is -0.394 e. The van der Waals surface area contributed by atoms with Gasteiger partial charge in [-0.25, -0.2) is 0 Å². The van der Waals surface area contributed by atoms with E-state index >= 15 is 0 Å². The highest BCUT2D eigenvalue weighted by Gasteiger charge is 2.64. The van der Waals surface area contributed by atoms with E-state index in [4.69, 9.17) is 28.4 Å². The molecule has 7 rings (SSSR count). The number of hydrogen-bond donors (Lipinski definition) is 10. The lowest BCUT2D eigenvalue weighted by Crippen LogP contribution is -2.66. The van der Waals surface area contributed by atoms with Crippen LogP contribution >= 0.6 is 0 Å². The molecule has 18 nitrogen and oxygen atoms in total. The first-order chi connectivity index (χ1) is 31.2. The molecule has 18 heteroatoms. The summed E-state index contributed by atoms with van der Waals surface area (Å²) in [7, 11) is 0. The number of ether oxygens (including phenoxy) is 6. The number of aliphatic hydroxyl groups is 9. The molecule has 10 N–H and O–H groups in total. The van der Waals surface area contributed by atoms with Gasteiger partial charge < -0.3 is 79.7 Å². The van der Waals surface area contributed by atoms with Gasteiger partial charge in [-0.2, -0.15) is 0 Å². The van der Waals surface area contributed by atoms with Crippen molar-refractivity contribution in [2.45, 2.75) is 217 Å². The summed E-state index contributed by atoms with van der Waals surface area (Å²) in [5, 5.41) is 100. The number of nitrogens with one attached hydrogen (secondary N) is 1. The van der Waals surface area contributed by atoms with E-state index in [1.807, 2.05) is 13.8 Å². The van der Waals surface area contributed by atoms with E-state index in [1.165, 1.54) is 6.92 Å². The maximum absolute atomic E-state index is 13.7. The molecule has 4 aliphatic carbocycles. The zero-order valence-electron chi connectivity index (χ0n) is 39.7. The van der Waals surface area contributed by atoms with Crippen molar-refractivity contribution in [1.29, 1.82) is 0 Å². The zero-order valence-corrected chi connectivity index (χ0v) is 39.7. The standard InChI is InChI=1S/C48H81NO17/c1-7-8-34(54)49-19-22(2)9-12-30(51)23(3)35-31(52)18-29-27-11-10-25-17-26(13-15-47(25,5)28(27)14-16-48(29,35)6)63-45-41(60)39(58)42(33(20-50)64-45)65-46-43(38(57)36(55)24(4)62-46)66-44-40(59)37(56)32(53)21-61-44/h22-29,31-33,35-46,50,52-53,55-60H,7-21H2,1-6H3,(H,49,54)/t22-,23+,24-,25-,26-,27+,28-,29+,31+,32+,33+,35-,36-,37-,38+,39+,40+,41+,42+,43+,44-,45+,46-,47-,48-/m0/s1. The first-order valence-corrected chi connectivity index (χ1v) is 25.0. The zero-order chi connectivity index (χ0) is 48.0. The van der Waals surface area contributed by atoms with Crippen molar-refractivity contribution in [3.05, 3.63) is 0 Å². The molecule has 1 amide bonds. The molecular formula is C48H81NO17. The summed E-state index contributed by atoms with van der Waals surface area (Å²) in [6, 6.07) is 0. The van der Waals surface area contributed by atoms with Crippen LogP contribution in [0.4, 0.5) is 0 Å². The number of amides is 1. The second-order valence-corrected chi connectivity index (χ2v) is 21.9. The van der Waals surface area contributed by atoms with Gasteiger partial charge in [0.2, 0.25) is 5.91 Å². The summed E-state index contributed by atoms with van der Waals surface area (Å²) in [5.41, 5.74) is -0.115. The van der Waals surface area contributed by atoms with Crippen LogP contribution in [0.25, 0.3) is 0 Å². The van der Waals surface area contributed by atoms with Crippen LogP contribution in [0, 0.1) is 52.3 Å². The Kier molecular flexibility index (Phi) is 17.1. The van der Waals surface area contributed by atoms with E-state index < -0.39 is 105 Å². The summed E-state index contributed by atoms with van der Waals surface area (Å²) >= 11 is 0. The van der Waals surface area contributed by atoms with Crippen molar-refractivity contribution < 1.29 is 84.0 Å². The summed E-state index contributed by atoms with van der Waals surface area (Å²) < 4.78 is 35.5. The van der Waals surface area contributed by atoms with Gasteiger partial charge in [0.25, 0.3) is 0 Å². The Labute approximate surface area is 389 Å². The molecule has 0 aromatic rings. The van der Waals surface area contributed by atoms with Crippen LogP contribution in [0.1, 0.15) is 119 Å². The Hall–Kier alpha value is -1.46. The number of hydrogen-bond acceptors (Lipinski definition) is 17. The van der Waals surface area contributed by atoms with Gasteiger partial charge in [0.1, 0.15) is 66.8 Å². The molecule has 0 aromatic heterocycles. The lowest BCUT2D eigenvalue weighted by Gasteiger charge is -2.61. The van der Waals surface area contributed by atoms with Gasteiger partial charge in [-0.05, 0) is 117 Å². The predicted molar refractivity (Wildman–Crippen MR) is 234 cm³/mol. The molecule has 25 atom stereocenters. The quantitative estimate of drug-likeness (QED) is 0.0952. The van der Waals surface area contributed by atoms with E-state index in [0.29, 0.717) is 62.3 Å². The number of carbonyl (C=O) groups excluding carboxylic acids is 2. The van der Waals surface area contributed by atoms with Crippen LogP contribution in [0.3, 0.4) is 0 Å². The highest BCUT2D eigenvalue weighted by molar-refractivity contribution is 5.81. The number of rotatable bonds is 16. The molecule has 4 saturated carbocycles. The minimum absolute atomic E-state index is 0.0277. The lowest BCUT2D eigenvalue weighted by molar-refractivity contribution is -0.383. The van der Waals surface area contributed by atoms with Crippen molar-refractivity contribution in [1.82, 2.24) is 5.32 Å². The Bertz CT molecular complexity index is 1630. The SMILES string of the molecule is CCCC(=O)NC[C@@H](C)CCC(=O)[C@@H](C)[C@H]1[C@H](O)C[C@@H]2[C@@H]3CC[C@H]4C[C@@H](O[C@@H]5O[C@H](CO)[C@@H](O[C@@H]6O[C@@H](C)[C@H](O)[C@@H](O)[C@H]6O[C@@H]6OC[C@@H](O)[C@H](O)[C@H]6O)[C@H](O)[C@H]5O)CC[C@]4(C)[C@H]3CC[C@]12C. The van der Waals surface area contributed by atoms with E-state index in [0.717, 1.165) is 44.9 Å². The van der Waals surface area contributed by atoms with Crippen molar-refractivity contribution in [2.24, 2.45) is 52.3 Å². The van der Waals surface area contributed by atoms with Gasteiger partial charge in [-0.1, -0.05) is 34.6 Å². The molecule has 3 saturated heterocycles. The van der Waals surface area contributed by atoms with Gasteiger partial charge in [-0.3, -0.25) is 9.59 Å². The Balaban J connectivity index is 0.942. The van der Waals surface area contributed by atoms with Gasteiger partial charge in [0.05, 0.1) is 31.5 Å². The normalized spacial score (nSPS) is 49.2. The van der Waals surface area contributed by atoms with Crippen LogP contribution in [0.15, 0.2) is 0 Å². The van der Waals surface area contributed by atoms with E-state index in [2.05, 4.69) is 26.1 Å². The molecule has 0 unspecified atom stereocenters. The predicted octanol–water partition coefficient (Wildman–Crippen LogP) is 0.654. The highest BCUT2D eigenvalue weighted by atomic mass is 16.8. The first kappa shape index (κ1) is 52.4. The van der Waals surface area contributed by atoms with Crippen LogP contribution in [-0.4, -0.2) is 176 Å². The average Bonchev–Trinajstić information content (AvgIpc) is 3.56. The highest BCUT2D eigenvalue weighted by Crippen LogP contribution is 2.68. The van der Waals surface area contributed by atoms with Gasteiger partial charge >= 0.3 is 0 Å². The third-order valence-electron chi connectivity index (χ3n) is 17.8. The fourth-order valence-corrected chi connectivity index (χ4v) is 13.8. The smallest absolute Gasteiger partial charge is 0.219 e. The van der Waals surface area contributed by atoms with Gasteiger partial charge in [-0.15, -0.1) is 0 Å². The molecule has 3 aliphatic heterocycles. The fourth-order valence-electron chi connectivity index (χ4n) is 13.8. The number of carbonyl (C=O) groups is 2. The van der Waals surface area contributed by atoms with Crippen molar-refractivity contribution in [3.8, 4) is 0 Å². The maximum Gasteiger partial charge on any atom is 0.219 e. The second-order valence-electron chi connectivity index (χ2n) is 21.9. The maximum atomic E-state index is 13.7. The molecule has 0 aromatic carbocycles. The minimum atomic E-state index is -1.73. The second kappa shape index (κ2) is 21.5. The number of fused-ring (bicyclic) bond motifs is 5. The Morgan fingerprint density at radius 2 is 1.41 bits per heavy atom. The third-order valence-corrected chi connectivity index (χ3v) is 17.8. The summed E-state index contributed by atoms with van der Waals surface area (Å²) in [5.74, 6) is 1.60. The average molecular weight is 944 g/mol. The monoisotopic (exact) mass is 944 g/mol. The van der Waals surface area contributed by atoms with E-state index in [-0.39, 0.29) is 46.4 Å². The number of ketones is 1. The molecule has 66 heavy (non-hydrogen) atoms. The van der Waals surface area contributed by atoms with Crippen LogP contribution in [0.2, 0.25) is 0 Å². The lowest BCUT2D eigenvalue weighted by atomic mass is 9.44. The van der Waals surface area contributed by atoms with Crippen molar-refractivity contribution in [3.63, 3.8) is 0 Å². The van der Waals surface area contributed by atoms with Crippen molar-refractivity contribution >= 4 is 11.7 Å². The van der Waals surface area contributed by atoms with E-state index in [9.17, 15) is 55.5 Å².